The third kappa shape index (κ3) is 4.44. The summed E-state index contributed by atoms with van der Waals surface area (Å²) < 4.78 is 6.22. The van der Waals surface area contributed by atoms with Gasteiger partial charge in [0.15, 0.2) is 0 Å². The lowest BCUT2D eigenvalue weighted by Gasteiger charge is -2.10. The van der Waals surface area contributed by atoms with Gasteiger partial charge in [0.2, 0.25) is 0 Å². The van der Waals surface area contributed by atoms with Crippen molar-refractivity contribution in [2.24, 2.45) is 0 Å². The first-order valence-electron chi connectivity index (χ1n) is 12.7. The molecule has 0 bridgehead atoms. The first-order valence-corrected chi connectivity index (χ1v) is 12.7. The van der Waals surface area contributed by atoms with Crippen LogP contribution in [-0.4, -0.2) is 0 Å². The molecule has 0 unspecified atom stereocenters. The highest BCUT2D eigenvalue weighted by Crippen LogP contribution is 2.36. The van der Waals surface area contributed by atoms with Crippen molar-refractivity contribution in [2.45, 2.75) is 0 Å². The van der Waals surface area contributed by atoms with Crippen molar-refractivity contribution in [1.29, 1.82) is 0 Å². The van der Waals surface area contributed by atoms with Crippen molar-refractivity contribution >= 4 is 38.9 Å². The predicted molar refractivity (Wildman–Crippen MR) is 163 cm³/mol. The van der Waals surface area contributed by atoms with Gasteiger partial charge in [-0.1, -0.05) is 116 Å². The molecule has 0 aliphatic rings. The molecule has 5 aromatic carbocycles. The van der Waals surface area contributed by atoms with Crippen molar-refractivity contribution in [2.75, 3.05) is 5.32 Å². The second-order valence-corrected chi connectivity index (χ2v) is 9.20. The number of furan rings is 1. The van der Waals surface area contributed by atoms with Gasteiger partial charge in [-0.3, -0.25) is 0 Å². The Morgan fingerprint density at radius 3 is 1.87 bits per heavy atom. The van der Waals surface area contributed by atoms with Crippen molar-refractivity contribution in [3.05, 3.63) is 152 Å². The van der Waals surface area contributed by atoms with Gasteiger partial charge in [0.1, 0.15) is 11.2 Å². The zero-order chi connectivity index (χ0) is 25.9. The summed E-state index contributed by atoms with van der Waals surface area (Å²) in [5.74, 6) is 0. The molecule has 0 spiro atoms. The number of benzene rings is 5. The molecule has 0 aliphatic carbocycles. The fraction of sp³-hybridized carbons (Fsp3) is 0. The van der Waals surface area contributed by atoms with Crippen LogP contribution in [0.25, 0.3) is 49.8 Å². The average molecular weight is 490 g/mol. The molecule has 1 heterocycles. The van der Waals surface area contributed by atoms with E-state index in [4.69, 9.17) is 4.42 Å². The zero-order valence-corrected chi connectivity index (χ0v) is 21.0. The molecule has 0 amide bonds. The van der Waals surface area contributed by atoms with Crippen LogP contribution in [0.2, 0.25) is 0 Å². The van der Waals surface area contributed by atoms with E-state index in [1.54, 1.807) is 6.08 Å². The van der Waals surface area contributed by atoms with Crippen molar-refractivity contribution in [3.8, 4) is 22.3 Å². The number of allylic oxidation sites excluding steroid dienone is 4. The van der Waals surface area contributed by atoms with E-state index in [-0.39, 0.29) is 0 Å². The summed E-state index contributed by atoms with van der Waals surface area (Å²) in [5, 5.41) is 5.80. The maximum Gasteiger partial charge on any atom is 0.143 e. The first kappa shape index (κ1) is 23.3. The predicted octanol–water partition coefficient (Wildman–Crippen LogP) is 10.4. The minimum absolute atomic E-state index is 0.915. The van der Waals surface area contributed by atoms with E-state index >= 15 is 0 Å². The Balaban J connectivity index is 1.19. The van der Waals surface area contributed by atoms with Crippen LogP contribution in [0.3, 0.4) is 0 Å². The van der Waals surface area contributed by atoms with E-state index in [1.165, 1.54) is 11.1 Å². The average Bonchev–Trinajstić information content (AvgIpc) is 3.36. The van der Waals surface area contributed by atoms with Crippen molar-refractivity contribution in [1.82, 2.24) is 0 Å². The number of rotatable bonds is 7. The molecule has 182 valence electrons. The molecule has 1 N–H and O–H groups in total. The summed E-state index contributed by atoms with van der Waals surface area (Å²) >= 11 is 0. The fourth-order valence-corrected chi connectivity index (χ4v) is 4.88. The summed E-state index contributed by atoms with van der Waals surface area (Å²) in [6, 6.07) is 40.0. The lowest BCUT2D eigenvalue weighted by molar-refractivity contribution is 0.670. The van der Waals surface area contributed by atoms with Gasteiger partial charge in [-0.2, -0.15) is 0 Å². The molecule has 0 saturated heterocycles. The normalized spacial score (nSPS) is 11.5. The molecule has 0 radical (unpaired) electrons. The summed E-state index contributed by atoms with van der Waals surface area (Å²) in [6.45, 7) is 7.67. The van der Waals surface area contributed by atoms with E-state index in [1.807, 2.05) is 24.3 Å². The highest BCUT2D eigenvalue weighted by Gasteiger charge is 2.11. The number of fused-ring (bicyclic) bond motifs is 3. The molecule has 1 aromatic heterocycles. The molecule has 2 nitrogen and oxygen atoms in total. The summed E-state index contributed by atoms with van der Waals surface area (Å²) in [7, 11) is 0. The molecule has 2 heteroatoms. The van der Waals surface area contributed by atoms with Gasteiger partial charge in [-0.25, -0.2) is 0 Å². The third-order valence-electron chi connectivity index (χ3n) is 6.84. The standard InChI is InChI=1S/C36H27NO/c1-3-8-25(4-2)26-13-15-27(16-14-26)28-17-21-30(22-18-28)37-31-23-19-29(20-24-31)32-10-7-11-34-33-9-5-6-12-35(33)38-36(32)34/h3-24,37H,1-2H2/b25-8+. The zero-order valence-electron chi connectivity index (χ0n) is 21.0. The maximum atomic E-state index is 6.22. The van der Waals surface area contributed by atoms with Crippen LogP contribution < -0.4 is 5.32 Å². The van der Waals surface area contributed by atoms with Gasteiger partial charge in [0.05, 0.1) is 0 Å². The van der Waals surface area contributed by atoms with Crippen LogP contribution in [0.5, 0.6) is 0 Å². The molecule has 6 aromatic rings. The monoisotopic (exact) mass is 489 g/mol. The van der Waals surface area contributed by atoms with E-state index in [9.17, 15) is 0 Å². The Kier molecular flexibility index (Phi) is 6.21. The summed E-state index contributed by atoms with van der Waals surface area (Å²) in [4.78, 5) is 0. The Morgan fingerprint density at radius 2 is 1.21 bits per heavy atom. The fourth-order valence-electron chi connectivity index (χ4n) is 4.88. The quantitative estimate of drug-likeness (QED) is 0.226. The van der Waals surface area contributed by atoms with Crippen LogP contribution in [0.15, 0.2) is 151 Å². The SMILES string of the molecule is C=C/C=C(\C=C)c1ccc(-c2ccc(Nc3ccc(-c4cccc5c4oc4ccccc45)cc3)cc2)cc1. The Bertz CT molecular complexity index is 1780. The second-order valence-electron chi connectivity index (χ2n) is 9.20. The molecule has 0 atom stereocenters. The molecule has 38 heavy (non-hydrogen) atoms. The van der Waals surface area contributed by atoms with Crippen LogP contribution in [0.4, 0.5) is 11.4 Å². The van der Waals surface area contributed by atoms with Crippen LogP contribution >= 0.6 is 0 Å². The number of para-hydroxylation sites is 2. The first-order chi connectivity index (χ1) is 18.7. The Hall–Kier alpha value is -5.08. The summed E-state index contributed by atoms with van der Waals surface area (Å²) in [6.07, 6.45) is 5.60. The van der Waals surface area contributed by atoms with Gasteiger partial charge < -0.3 is 9.73 Å². The minimum atomic E-state index is 0.915. The van der Waals surface area contributed by atoms with Gasteiger partial charge in [0.25, 0.3) is 0 Å². The van der Waals surface area contributed by atoms with Gasteiger partial charge in [-0.15, -0.1) is 0 Å². The van der Waals surface area contributed by atoms with Gasteiger partial charge in [-0.05, 0) is 58.2 Å². The number of hydrogen-bond donors (Lipinski definition) is 1. The van der Waals surface area contributed by atoms with Crippen molar-refractivity contribution in [3.63, 3.8) is 0 Å². The van der Waals surface area contributed by atoms with Crippen LogP contribution in [0, 0.1) is 0 Å². The Labute approximate surface area is 222 Å². The van der Waals surface area contributed by atoms with E-state index in [0.29, 0.717) is 0 Å². The highest BCUT2D eigenvalue weighted by molar-refractivity contribution is 6.09. The largest absolute Gasteiger partial charge is 0.455 e. The van der Waals surface area contributed by atoms with Gasteiger partial charge >= 0.3 is 0 Å². The molecule has 0 saturated carbocycles. The number of nitrogens with one attached hydrogen (secondary N) is 1. The van der Waals surface area contributed by atoms with Gasteiger partial charge in [0, 0.05) is 27.7 Å². The Morgan fingerprint density at radius 1 is 0.605 bits per heavy atom. The summed E-state index contributed by atoms with van der Waals surface area (Å²) in [5.41, 5.74) is 10.7. The lowest BCUT2D eigenvalue weighted by Crippen LogP contribution is -1.90. The van der Waals surface area contributed by atoms with E-state index < -0.39 is 0 Å². The van der Waals surface area contributed by atoms with Crippen LogP contribution in [0.1, 0.15) is 5.56 Å². The third-order valence-corrected chi connectivity index (χ3v) is 6.84. The lowest BCUT2D eigenvalue weighted by atomic mass is 10.00. The maximum absolute atomic E-state index is 6.22. The number of hydrogen-bond acceptors (Lipinski definition) is 2. The number of anilines is 2. The molecule has 6 rings (SSSR count). The smallest absolute Gasteiger partial charge is 0.143 e. The molecule has 0 fully saturated rings. The highest BCUT2D eigenvalue weighted by atomic mass is 16.3. The van der Waals surface area contributed by atoms with Crippen molar-refractivity contribution < 1.29 is 4.42 Å². The van der Waals surface area contributed by atoms with E-state index in [0.717, 1.165) is 55.6 Å². The molecular weight excluding hydrogens is 462 g/mol. The topological polar surface area (TPSA) is 25.2 Å². The second kappa shape index (κ2) is 10.1. The van der Waals surface area contributed by atoms with E-state index in [2.05, 4.69) is 122 Å². The molecule has 0 aliphatic heterocycles. The molecular formula is C36H27NO. The van der Waals surface area contributed by atoms with Crippen LogP contribution in [-0.2, 0) is 0 Å². The minimum Gasteiger partial charge on any atom is -0.455 e.